The summed E-state index contributed by atoms with van der Waals surface area (Å²) in [6.45, 7) is 3.85. The maximum atomic E-state index is 12.9. The predicted octanol–water partition coefficient (Wildman–Crippen LogP) is 2.75. The summed E-state index contributed by atoms with van der Waals surface area (Å²) >= 11 is 0. The fourth-order valence-corrected chi connectivity index (χ4v) is 2.48. The summed E-state index contributed by atoms with van der Waals surface area (Å²) in [6.07, 6.45) is 2.40. The second-order valence-corrected chi connectivity index (χ2v) is 5.69. The standard InChI is InChI=1S/C18H19N3O3/c1-3-12(2)20-16(22)11-21-14-8-4-5-9-15(14)24-17-13(18(21)23)7-6-10-19-17/h4-10,12H,3,11H2,1-2H3,(H,20,22). The fourth-order valence-electron chi connectivity index (χ4n) is 2.48. The first-order chi connectivity index (χ1) is 11.6. The Labute approximate surface area is 140 Å². The summed E-state index contributed by atoms with van der Waals surface area (Å²) in [5, 5.41) is 2.88. The molecule has 6 nitrogen and oxygen atoms in total. The summed E-state index contributed by atoms with van der Waals surface area (Å²) in [4.78, 5) is 30.8. The van der Waals surface area contributed by atoms with Gasteiger partial charge in [-0.15, -0.1) is 0 Å². The maximum absolute atomic E-state index is 12.9. The minimum absolute atomic E-state index is 0.0556. The van der Waals surface area contributed by atoms with E-state index in [1.54, 1.807) is 36.5 Å². The molecule has 6 heteroatoms. The Hall–Kier alpha value is -2.89. The van der Waals surface area contributed by atoms with Crippen molar-refractivity contribution < 1.29 is 14.3 Å². The molecule has 124 valence electrons. The molecule has 1 aromatic carbocycles. The highest BCUT2D eigenvalue weighted by molar-refractivity contribution is 6.11. The fraction of sp³-hybridized carbons (Fsp3) is 0.278. The van der Waals surface area contributed by atoms with E-state index in [1.807, 2.05) is 19.9 Å². The predicted molar refractivity (Wildman–Crippen MR) is 90.3 cm³/mol. The molecule has 2 amide bonds. The quantitative estimate of drug-likeness (QED) is 0.938. The number of carbonyl (C=O) groups excluding carboxylic acids is 2. The van der Waals surface area contributed by atoms with E-state index in [4.69, 9.17) is 4.74 Å². The molecule has 1 aromatic heterocycles. The Morgan fingerprint density at radius 3 is 2.88 bits per heavy atom. The monoisotopic (exact) mass is 325 g/mol. The van der Waals surface area contributed by atoms with Gasteiger partial charge in [0.25, 0.3) is 5.91 Å². The Morgan fingerprint density at radius 1 is 1.29 bits per heavy atom. The van der Waals surface area contributed by atoms with Gasteiger partial charge in [0.15, 0.2) is 5.75 Å². The van der Waals surface area contributed by atoms with Crippen molar-refractivity contribution in [2.45, 2.75) is 26.3 Å². The number of pyridine rings is 1. The molecule has 1 unspecified atom stereocenters. The summed E-state index contributed by atoms with van der Waals surface area (Å²) in [6, 6.07) is 10.5. The number of amides is 2. The minimum atomic E-state index is -0.303. The van der Waals surface area contributed by atoms with Crippen molar-refractivity contribution >= 4 is 17.5 Å². The number of rotatable bonds is 4. The van der Waals surface area contributed by atoms with Crippen molar-refractivity contribution in [2.24, 2.45) is 0 Å². The zero-order valence-corrected chi connectivity index (χ0v) is 13.7. The minimum Gasteiger partial charge on any atom is -0.436 e. The third-order valence-electron chi connectivity index (χ3n) is 3.93. The van der Waals surface area contributed by atoms with Gasteiger partial charge < -0.3 is 10.1 Å². The highest BCUT2D eigenvalue weighted by Gasteiger charge is 2.30. The van der Waals surface area contributed by atoms with E-state index in [1.165, 1.54) is 4.90 Å². The molecule has 1 aliphatic heterocycles. The summed E-state index contributed by atoms with van der Waals surface area (Å²) in [7, 11) is 0. The van der Waals surface area contributed by atoms with Crippen molar-refractivity contribution in [3.8, 4) is 11.6 Å². The van der Waals surface area contributed by atoms with Gasteiger partial charge in [-0.05, 0) is 37.6 Å². The van der Waals surface area contributed by atoms with Crippen LogP contribution >= 0.6 is 0 Å². The third kappa shape index (κ3) is 3.08. The normalized spacial score (nSPS) is 14.1. The highest BCUT2D eigenvalue weighted by Crippen LogP contribution is 2.37. The number of nitrogens with zero attached hydrogens (tertiary/aromatic N) is 2. The number of ether oxygens (including phenoxy) is 1. The van der Waals surface area contributed by atoms with E-state index in [0.29, 0.717) is 17.0 Å². The summed E-state index contributed by atoms with van der Waals surface area (Å²) in [5.74, 6) is 0.238. The van der Waals surface area contributed by atoms with Crippen LogP contribution in [0.3, 0.4) is 0 Å². The lowest BCUT2D eigenvalue weighted by Gasteiger charge is -2.22. The van der Waals surface area contributed by atoms with Crippen LogP contribution in [0, 0.1) is 0 Å². The van der Waals surface area contributed by atoms with Crippen LogP contribution in [0.15, 0.2) is 42.6 Å². The molecule has 0 saturated heterocycles. The molecular weight excluding hydrogens is 306 g/mol. The summed E-state index contributed by atoms with van der Waals surface area (Å²) in [5.41, 5.74) is 0.893. The molecule has 0 fully saturated rings. The number of anilines is 1. The van der Waals surface area contributed by atoms with Gasteiger partial charge in [-0.2, -0.15) is 0 Å². The molecule has 1 N–H and O–H groups in total. The lowest BCUT2D eigenvalue weighted by Crippen LogP contribution is -2.43. The van der Waals surface area contributed by atoms with E-state index in [9.17, 15) is 9.59 Å². The lowest BCUT2D eigenvalue weighted by molar-refractivity contribution is -0.120. The first kappa shape index (κ1) is 16.0. The van der Waals surface area contributed by atoms with Crippen LogP contribution in [-0.4, -0.2) is 29.4 Å². The van der Waals surface area contributed by atoms with Crippen LogP contribution < -0.4 is 15.0 Å². The van der Waals surface area contributed by atoms with Crippen molar-refractivity contribution in [3.63, 3.8) is 0 Å². The zero-order valence-electron chi connectivity index (χ0n) is 13.7. The van der Waals surface area contributed by atoms with E-state index in [0.717, 1.165) is 6.42 Å². The van der Waals surface area contributed by atoms with E-state index in [2.05, 4.69) is 10.3 Å². The first-order valence-electron chi connectivity index (χ1n) is 7.93. The van der Waals surface area contributed by atoms with Crippen molar-refractivity contribution in [1.29, 1.82) is 0 Å². The van der Waals surface area contributed by atoms with Gasteiger partial charge in [-0.3, -0.25) is 14.5 Å². The van der Waals surface area contributed by atoms with Crippen LogP contribution in [0.2, 0.25) is 0 Å². The van der Waals surface area contributed by atoms with Crippen LogP contribution in [0.1, 0.15) is 30.6 Å². The number of benzene rings is 1. The summed E-state index contributed by atoms with van der Waals surface area (Å²) < 4.78 is 5.78. The van der Waals surface area contributed by atoms with Gasteiger partial charge in [0.05, 0.1) is 5.69 Å². The number of hydrogen-bond donors (Lipinski definition) is 1. The van der Waals surface area contributed by atoms with Gasteiger partial charge >= 0.3 is 0 Å². The molecule has 0 saturated carbocycles. The van der Waals surface area contributed by atoms with E-state index in [-0.39, 0.29) is 30.3 Å². The highest BCUT2D eigenvalue weighted by atomic mass is 16.5. The number of aromatic nitrogens is 1. The second-order valence-electron chi connectivity index (χ2n) is 5.69. The number of para-hydroxylation sites is 2. The molecule has 2 aromatic rings. The molecule has 1 aliphatic rings. The van der Waals surface area contributed by atoms with Crippen LogP contribution in [0.5, 0.6) is 11.6 Å². The topological polar surface area (TPSA) is 71.5 Å². The average Bonchev–Trinajstić information content (AvgIpc) is 2.70. The van der Waals surface area contributed by atoms with Gasteiger partial charge in [-0.1, -0.05) is 19.1 Å². The Balaban J connectivity index is 1.97. The maximum Gasteiger partial charge on any atom is 0.264 e. The Bertz CT molecular complexity index is 776. The molecule has 0 aliphatic carbocycles. The molecule has 2 heterocycles. The van der Waals surface area contributed by atoms with E-state index < -0.39 is 0 Å². The van der Waals surface area contributed by atoms with Crippen LogP contribution in [-0.2, 0) is 4.79 Å². The molecule has 0 spiro atoms. The van der Waals surface area contributed by atoms with Crippen molar-refractivity contribution in [1.82, 2.24) is 10.3 Å². The average molecular weight is 325 g/mol. The van der Waals surface area contributed by atoms with Gasteiger partial charge in [0, 0.05) is 12.2 Å². The van der Waals surface area contributed by atoms with Crippen LogP contribution in [0.25, 0.3) is 0 Å². The Morgan fingerprint density at radius 2 is 2.08 bits per heavy atom. The molecule has 0 radical (unpaired) electrons. The first-order valence-corrected chi connectivity index (χ1v) is 7.93. The molecule has 3 rings (SSSR count). The SMILES string of the molecule is CCC(C)NC(=O)CN1C(=O)c2cccnc2Oc2ccccc21. The Kier molecular flexibility index (Phi) is 4.46. The number of nitrogens with one attached hydrogen (secondary N) is 1. The second kappa shape index (κ2) is 6.70. The van der Waals surface area contributed by atoms with Gasteiger partial charge in [0.1, 0.15) is 12.1 Å². The van der Waals surface area contributed by atoms with E-state index >= 15 is 0 Å². The molecule has 0 bridgehead atoms. The zero-order chi connectivity index (χ0) is 17.1. The van der Waals surface area contributed by atoms with Crippen molar-refractivity contribution in [2.75, 3.05) is 11.4 Å². The third-order valence-corrected chi connectivity index (χ3v) is 3.93. The number of hydrogen-bond acceptors (Lipinski definition) is 4. The van der Waals surface area contributed by atoms with Gasteiger partial charge in [0.2, 0.25) is 11.8 Å². The lowest BCUT2D eigenvalue weighted by atomic mass is 10.2. The van der Waals surface area contributed by atoms with Gasteiger partial charge in [-0.25, -0.2) is 4.98 Å². The van der Waals surface area contributed by atoms with Crippen LogP contribution in [0.4, 0.5) is 5.69 Å². The smallest absolute Gasteiger partial charge is 0.264 e. The molecule has 24 heavy (non-hydrogen) atoms. The van der Waals surface area contributed by atoms with Crippen molar-refractivity contribution in [3.05, 3.63) is 48.2 Å². The largest absolute Gasteiger partial charge is 0.436 e. The number of fused-ring (bicyclic) bond motifs is 2. The molecular formula is C18H19N3O3. The molecule has 1 atom stereocenters. The number of carbonyl (C=O) groups is 2.